The molecule has 0 aliphatic heterocycles. The number of nitrogens with zero attached hydrogens (tertiary/aromatic N) is 1. The molecule has 0 amide bonds. The van der Waals surface area contributed by atoms with Gasteiger partial charge >= 0.3 is 0 Å². The molecule has 0 unspecified atom stereocenters. The molecule has 3 aromatic rings. The van der Waals surface area contributed by atoms with Crippen LogP contribution in [-0.2, 0) is 0 Å². The summed E-state index contributed by atoms with van der Waals surface area (Å²) in [5, 5.41) is 5.77. The molecule has 0 atom stereocenters. The van der Waals surface area contributed by atoms with Gasteiger partial charge in [0.15, 0.2) is 0 Å². The van der Waals surface area contributed by atoms with Gasteiger partial charge in [0.25, 0.3) is 0 Å². The molecule has 0 radical (unpaired) electrons. The van der Waals surface area contributed by atoms with Gasteiger partial charge in [-0.3, -0.25) is 0 Å². The highest BCUT2D eigenvalue weighted by atomic mass is 15.0. The van der Waals surface area contributed by atoms with Gasteiger partial charge in [-0.2, -0.15) is 0 Å². The fraction of sp³-hybridized carbons (Fsp3) is 0.0625. The lowest BCUT2D eigenvalue weighted by molar-refractivity contribution is 1.26. The normalized spacial score (nSPS) is 10.6. The van der Waals surface area contributed by atoms with Crippen molar-refractivity contribution in [2.24, 2.45) is 0 Å². The van der Waals surface area contributed by atoms with Crippen molar-refractivity contribution in [1.29, 1.82) is 0 Å². The van der Waals surface area contributed by atoms with Gasteiger partial charge in [0, 0.05) is 5.69 Å². The third-order valence-electron chi connectivity index (χ3n) is 3.11. The van der Waals surface area contributed by atoms with Crippen LogP contribution in [0.5, 0.6) is 0 Å². The Morgan fingerprint density at radius 2 is 1.79 bits per heavy atom. The molecule has 1 aromatic heterocycles. The molecule has 0 saturated carbocycles. The van der Waals surface area contributed by atoms with Crippen molar-refractivity contribution in [3.63, 3.8) is 0 Å². The molecule has 0 aliphatic carbocycles. The second-order valence-corrected chi connectivity index (χ2v) is 4.62. The first-order chi connectivity index (χ1) is 9.22. The van der Waals surface area contributed by atoms with E-state index in [0.29, 0.717) is 5.69 Å². The minimum atomic E-state index is 0.682. The van der Waals surface area contributed by atoms with Gasteiger partial charge in [-0.25, -0.2) is 4.98 Å². The zero-order valence-corrected chi connectivity index (χ0v) is 10.7. The van der Waals surface area contributed by atoms with Crippen molar-refractivity contribution in [1.82, 2.24) is 4.98 Å². The number of benzene rings is 2. The summed E-state index contributed by atoms with van der Waals surface area (Å²) >= 11 is 0. The highest BCUT2D eigenvalue weighted by molar-refractivity contribution is 5.86. The molecular formula is C16H15N3. The molecule has 0 spiro atoms. The molecule has 3 rings (SSSR count). The molecule has 3 N–H and O–H groups in total. The molecule has 2 aromatic carbocycles. The molecule has 0 fully saturated rings. The van der Waals surface area contributed by atoms with E-state index in [1.165, 1.54) is 10.8 Å². The number of aryl methyl sites for hydroxylation is 1. The second-order valence-electron chi connectivity index (χ2n) is 4.62. The van der Waals surface area contributed by atoms with Crippen LogP contribution in [0.3, 0.4) is 0 Å². The zero-order valence-electron chi connectivity index (χ0n) is 10.7. The van der Waals surface area contributed by atoms with E-state index in [-0.39, 0.29) is 0 Å². The van der Waals surface area contributed by atoms with Gasteiger partial charge in [-0.05, 0) is 41.5 Å². The first kappa shape index (κ1) is 11.5. The van der Waals surface area contributed by atoms with E-state index < -0.39 is 0 Å². The Morgan fingerprint density at radius 3 is 2.58 bits per heavy atom. The Morgan fingerprint density at radius 1 is 1.00 bits per heavy atom. The highest BCUT2D eigenvalue weighted by Crippen LogP contribution is 2.23. The number of nitrogen functional groups attached to an aromatic ring is 1. The Hall–Kier alpha value is -2.55. The van der Waals surface area contributed by atoms with Crippen LogP contribution in [-0.4, -0.2) is 4.98 Å². The predicted molar refractivity (Wildman–Crippen MR) is 80.6 cm³/mol. The van der Waals surface area contributed by atoms with E-state index in [2.05, 4.69) is 40.6 Å². The topological polar surface area (TPSA) is 50.9 Å². The molecule has 1 heterocycles. The summed E-state index contributed by atoms with van der Waals surface area (Å²) < 4.78 is 0. The number of rotatable bonds is 2. The quantitative estimate of drug-likeness (QED) is 0.725. The lowest BCUT2D eigenvalue weighted by Gasteiger charge is -2.09. The summed E-state index contributed by atoms with van der Waals surface area (Å²) in [6.45, 7) is 1.99. The number of nitrogens with one attached hydrogen (secondary N) is 1. The summed E-state index contributed by atoms with van der Waals surface area (Å²) in [6, 6.07) is 16.5. The minimum absolute atomic E-state index is 0.682. The maximum absolute atomic E-state index is 5.71. The lowest BCUT2D eigenvalue weighted by Crippen LogP contribution is -1.98. The van der Waals surface area contributed by atoms with Crippen molar-refractivity contribution < 1.29 is 0 Å². The SMILES string of the molecule is Cc1cc(N)cnc1Nc1ccc2ccccc2c1. The van der Waals surface area contributed by atoms with Gasteiger partial charge in [0.2, 0.25) is 0 Å². The first-order valence-corrected chi connectivity index (χ1v) is 6.20. The average Bonchev–Trinajstić information content (AvgIpc) is 2.42. The second kappa shape index (κ2) is 4.61. The van der Waals surface area contributed by atoms with Gasteiger partial charge in [0.1, 0.15) is 5.82 Å². The molecule has 19 heavy (non-hydrogen) atoms. The Labute approximate surface area is 112 Å². The third-order valence-corrected chi connectivity index (χ3v) is 3.11. The summed E-state index contributed by atoms with van der Waals surface area (Å²) in [4.78, 5) is 4.32. The number of hydrogen-bond acceptors (Lipinski definition) is 3. The fourth-order valence-electron chi connectivity index (χ4n) is 2.13. The largest absolute Gasteiger partial charge is 0.397 e. The van der Waals surface area contributed by atoms with Crippen molar-refractivity contribution >= 4 is 28.0 Å². The molecular weight excluding hydrogens is 234 g/mol. The molecule has 3 nitrogen and oxygen atoms in total. The van der Waals surface area contributed by atoms with Gasteiger partial charge < -0.3 is 11.1 Å². The Balaban J connectivity index is 1.96. The standard InChI is InChI=1S/C16H15N3/c1-11-8-14(17)10-18-16(11)19-15-7-6-12-4-2-3-5-13(12)9-15/h2-10H,17H2,1H3,(H,18,19). The summed E-state index contributed by atoms with van der Waals surface area (Å²) in [5.74, 6) is 0.837. The van der Waals surface area contributed by atoms with Gasteiger partial charge in [-0.1, -0.05) is 30.3 Å². The lowest BCUT2D eigenvalue weighted by atomic mass is 10.1. The first-order valence-electron chi connectivity index (χ1n) is 6.20. The average molecular weight is 249 g/mol. The van der Waals surface area contributed by atoms with Crippen molar-refractivity contribution in [3.05, 3.63) is 60.3 Å². The van der Waals surface area contributed by atoms with E-state index >= 15 is 0 Å². The molecule has 94 valence electrons. The highest BCUT2D eigenvalue weighted by Gasteiger charge is 2.02. The summed E-state index contributed by atoms with van der Waals surface area (Å²) in [5.41, 5.74) is 8.45. The Bertz CT molecular complexity index is 735. The van der Waals surface area contributed by atoms with Crippen molar-refractivity contribution in [2.45, 2.75) is 6.92 Å². The van der Waals surface area contributed by atoms with Gasteiger partial charge in [-0.15, -0.1) is 0 Å². The van der Waals surface area contributed by atoms with Crippen LogP contribution in [0.15, 0.2) is 54.7 Å². The van der Waals surface area contributed by atoms with Crippen molar-refractivity contribution in [2.75, 3.05) is 11.1 Å². The van der Waals surface area contributed by atoms with Crippen LogP contribution >= 0.6 is 0 Å². The van der Waals surface area contributed by atoms with E-state index in [9.17, 15) is 0 Å². The molecule has 0 saturated heterocycles. The van der Waals surface area contributed by atoms with Crippen LogP contribution in [0.25, 0.3) is 10.8 Å². The predicted octanol–water partition coefficient (Wildman–Crippen LogP) is 3.87. The minimum Gasteiger partial charge on any atom is -0.397 e. The monoisotopic (exact) mass is 249 g/mol. The number of hydrogen-bond donors (Lipinski definition) is 2. The third kappa shape index (κ3) is 2.36. The van der Waals surface area contributed by atoms with Crippen molar-refractivity contribution in [3.8, 4) is 0 Å². The maximum atomic E-state index is 5.71. The number of anilines is 3. The maximum Gasteiger partial charge on any atom is 0.133 e. The molecule has 0 bridgehead atoms. The number of pyridine rings is 1. The van der Waals surface area contributed by atoms with E-state index in [1.807, 2.05) is 25.1 Å². The number of aromatic nitrogens is 1. The zero-order chi connectivity index (χ0) is 13.2. The fourth-order valence-corrected chi connectivity index (χ4v) is 2.13. The summed E-state index contributed by atoms with van der Waals surface area (Å²) in [7, 11) is 0. The van der Waals surface area contributed by atoms with Gasteiger partial charge in [0.05, 0.1) is 11.9 Å². The van der Waals surface area contributed by atoms with Crippen LogP contribution in [0.1, 0.15) is 5.56 Å². The van der Waals surface area contributed by atoms with Crippen LogP contribution < -0.4 is 11.1 Å². The molecule has 3 heteroatoms. The van der Waals surface area contributed by atoms with E-state index in [4.69, 9.17) is 5.73 Å². The molecule has 0 aliphatic rings. The van der Waals surface area contributed by atoms with E-state index in [1.54, 1.807) is 6.20 Å². The Kier molecular flexibility index (Phi) is 2.80. The number of nitrogens with two attached hydrogens (primary N) is 1. The number of fused-ring (bicyclic) bond motifs is 1. The smallest absolute Gasteiger partial charge is 0.133 e. The van der Waals surface area contributed by atoms with Crippen LogP contribution in [0, 0.1) is 6.92 Å². The van der Waals surface area contributed by atoms with Crippen LogP contribution in [0.4, 0.5) is 17.2 Å². The summed E-state index contributed by atoms with van der Waals surface area (Å²) in [6.07, 6.45) is 1.66. The van der Waals surface area contributed by atoms with E-state index in [0.717, 1.165) is 17.1 Å². The van der Waals surface area contributed by atoms with Crippen LogP contribution in [0.2, 0.25) is 0 Å².